The molecule has 0 saturated heterocycles. The van der Waals surface area contributed by atoms with E-state index in [9.17, 15) is 45.8 Å². The Morgan fingerprint density at radius 1 is 1.02 bits per heavy atom. The molecule has 0 fully saturated rings. The third-order valence-electron chi connectivity index (χ3n) is 9.20. The smallest absolute Gasteiger partial charge is 0.419 e. The summed E-state index contributed by atoms with van der Waals surface area (Å²) in [4.78, 5) is 41.3. The van der Waals surface area contributed by atoms with Crippen molar-refractivity contribution in [2.75, 3.05) is 20.6 Å². The fourth-order valence-corrected chi connectivity index (χ4v) is 6.78. The molecule has 1 aliphatic rings. The Morgan fingerprint density at radius 3 is 2.35 bits per heavy atom. The second-order valence-electron chi connectivity index (χ2n) is 13.4. The maximum atomic E-state index is 15.9. The first-order valence-electron chi connectivity index (χ1n) is 16.9. The Hall–Kier alpha value is -4.20. The van der Waals surface area contributed by atoms with E-state index in [4.69, 9.17) is 0 Å². The third kappa shape index (κ3) is 9.99. The number of aryl methyl sites for hydroxylation is 3. The molecule has 2 bridgehead atoms. The molecule has 7 nitrogen and oxygen atoms in total. The molecule has 0 aliphatic carbocycles. The SMILES string of the molecule is Cc1cc(F)cc2c1-c1cc(c(F)c(C(F)(F)F)c1)[C@H](CC(=O)O)NC(=O)[C@@H](n1cc(CCCN(C)C)c(C(F)F)cc1=O)CCCCCCC2. The Morgan fingerprint density at radius 2 is 1.71 bits per heavy atom. The highest BCUT2D eigenvalue weighted by atomic mass is 19.4. The fraction of sp³-hybridized carbons (Fsp3) is 0.486. The molecular formula is C37H42F7N3O4. The Labute approximate surface area is 291 Å². The first kappa shape index (κ1) is 39.6. The van der Waals surface area contributed by atoms with Gasteiger partial charge in [-0.1, -0.05) is 25.7 Å². The number of carboxylic acid groups (broad SMARTS) is 1. The van der Waals surface area contributed by atoms with Crippen molar-refractivity contribution < 1.29 is 45.4 Å². The normalized spacial score (nSPS) is 17.8. The lowest BCUT2D eigenvalue weighted by atomic mass is 9.87. The number of pyridine rings is 1. The molecule has 2 aromatic carbocycles. The van der Waals surface area contributed by atoms with Gasteiger partial charge in [0.2, 0.25) is 5.91 Å². The van der Waals surface area contributed by atoms with Crippen molar-refractivity contribution in [3.8, 4) is 11.1 Å². The number of hydrogen-bond donors (Lipinski definition) is 2. The summed E-state index contributed by atoms with van der Waals surface area (Å²) in [6.07, 6.45) is -4.35. The van der Waals surface area contributed by atoms with Crippen molar-refractivity contribution in [2.45, 2.75) is 95.8 Å². The lowest BCUT2D eigenvalue weighted by Gasteiger charge is -2.26. The number of nitrogens with zero attached hydrogens (tertiary/aromatic N) is 2. The number of hydrogen-bond acceptors (Lipinski definition) is 4. The number of carboxylic acids is 1. The topological polar surface area (TPSA) is 91.6 Å². The molecule has 51 heavy (non-hydrogen) atoms. The average Bonchev–Trinajstić information content (AvgIpc) is 3.01. The number of fused-ring (bicyclic) bond motifs is 4. The molecule has 2 heterocycles. The van der Waals surface area contributed by atoms with Crippen LogP contribution >= 0.6 is 0 Å². The van der Waals surface area contributed by atoms with Crippen molar-refractivity contribution in [3.63, 3.8) is 0 Å². The minimum atomic E-state index is -5.23. The van der Waals surface area contributed by atoms with Gasteiger partial charge in [0, 0.05) is 23.4 Å². The van der Waals surface area contributed by atoms with Crippen LogP contribution in [0.1, 0.15) is 103 Å². The van der Waals surface area contributed by atoms with E-state index in [1.165, 1.54) is 19.2 Å². The van der Waals surface area contributed by atoms with Gasteiger partial charge in [0.25, 0.3) is 12.0 Å². The molecule has 4 rings (SSSR count). The van der Waals surface area contributed by atoms with Crippen molar-refractivity contribution >= 4 is 11.9 Å². The van der Waals surface area contributed by atoms with Gasteiger partial charge in [0.05, 0.1) is 18.0 Å². The standard InChI is InChI=1S/C37H42F7N3O4/c1-21-14-25(38)15-22-10-7-5-4-6-8-12-30(47-20-23(11-9-13-46(2)3)26(35(40)41)18-31(47)48)36(51)45-29(19-32(49)50)27-16-24(33(21)22)17-28(34(27)39)37(42,43)44/h14-18,20,29-30,35H,4-13,19H2,1-3H3,(H,45,51)(H,49,50)/t29-,30-/m0/s1. The zero-order valence-corrected chi connectivity index (χ0v) is 28.7. The van der Waals surface area contributed by atoms with E-state index < -0.39 is 76.9 Å². The summed E-state index contributed by atoms with van der Waals surface area (Å²) in [5, 5.41) is 12.2. The summed E-state index contributed by atoms with van der Waals surface area (Å²) in [6, 6.07) is 1.53. The van der Waals surface area contributed by atoms with Gasteiger partial charge in [-0.15, -0.1) is 0 Å². The summed E-state index contributed by atoms with van der Waals surface area (Å²) in [5.74, 6) is -4.95. The molecular weight excluding hydrogens is 683 g/mol. The Bertz CT molecular complexity index is 1790. The monoisotopic (exact) mass is 725 g/mol. The van der Waals surface area contributed by atoms with E-state index in [0.717, 1.165) is 22.8 Å². The molecule has 2 atom stereocenters. The van der Waals surface area contributed by atoms with Crippen LogP contribution in [0.25, 0.3) is 11.1 Å². The van der Waals surface area contributed by atoms with E-state index in [1.54, 1.807) is 0 Å². The van der Waals surface area contributed by atoms with Crippen LogP contribution in [0.2, 0.25) is 0 Å². The summed E-state index contributed by atoms with van der Waals surface area (Å²) in [7, 11) is 3.61. The van der Waals surface area contributed by atoms with Crippen LogP contribution in [0.5, 0.6) is 0 Å². The van der Waals surface area contributed by atoms with Crippen LogP contribution < -0.4 is 10.9 Å². The van der Waals surface area contributed by atoms with Crippen LogP contribution in [0.3, 0.4) is 0 Å². The summed E-state index contributed by atoms with van der Waals surface area (Å²) >= 11 is 0. The summed E-state index contributed by atoms with van der Waals surface area (Å²) in [6.45, 7) is 2.05. The molecule has 1 amide bonds. The van der Waals surface area contributed by atoms with Gasteiger partial charge < -0.3 is 19.9 Å². The Balaban J connectivity index is 1.91. The lowest BCUT2D eigenvalue weighted by Crippen LogP contribution is -2.40. The molecule has 0 saturated carbocycles. The van der Waals surface area contributed by atoms with E-state index in [0.29, 0.717) is 63.1 Å². The average molecular weight is 726 g/mol. The number of carbonyl (C=O) groups is 2. The molecule has 0 spiro atoms. The molecule has 14 heteroatoms. The lowest BCUT2D eigenvalue weighted by molar-refractivity contribution is -0.140. The minimum absolute atomic E-state index is 0.000255. The molecule has 2 N–H and O–H groups in total. The van der Waals surface area contributed by atoms with Gasteiger partial charge >= 0.3 is 12.1 Å². The molecule has 1 aromatic heterocycles. The maximum absolute atomic E-state index is 15.9. The number of benzene rings is 2. The first-order chi connectivity index (χ1) is 24.0. The fourth-order valence-electron chi connectivity index (χ4n) is 6.78. The highest BCUT2D eigenvalue weighted by molar-refractivity contribution is 5.82. The van der Waals surface area contributed by atoms with Gasteiger partial charge in [-0.05, 0) is 112 Å². The van der Waals surface area contributed by atoms with E-state index in [1.807, 2.05) is 19.0 Å². The van der Waals surface area contributed by atoms with E-state index in [-0.39, 0.29) is 35.1 Å². The highest BCUT2D eigenvalue weighted by Crippen LogP contribution is 2.40. The second-order valence-corrected chi connectivity index (χ2v) is 13.4. The predicted molar refractivity (Wildman–Crippen MR) is 178 cm³/mol. The quantitative estimate of drug-likeness (QED) is 0.228. The van der Waals surface area contributed by atoms with Crippen LogP contribution in [0.15, 0.2) is 41.3 Å². The highest BCUT2D eigenvalue weighted by Gasteiger charge is 2.38. The molecule has 0 radical (unpaired) electrons. The number of carbonyl (C=O) groups excluding carboxylic acids is 1. The molecule has 3 aromatic rings. The number of rotatable bonds is 8. The van der Waals surface area contributed by atoms with Crippen LogP contribution in [-0.2, 0) is 28.6 Å². The largest absolute Gasteiger partial charge is 0.481 e. The summed E-state index contributed by atoms with van der Waals surface area (Å²) in [5.41, 5.74) is -2.96. The van der Waals surface area contributed by atoms with E-state index in [2.05, 4.69) is 5.32 Å². The van der Waals surface area contributed by atoms with E-state index >= 15 is 4.39 Å². The Kier molecular flexibility index (Phi) is 13.1. The number of alkyl halides is 5. The number of nitrogens with one attached hydrogen (secondary N) is 1. The molecule has 278 valence electrons. The van der Waals surface area contributed by atoms with Gasteiger partial charge in [0.15, 0.2) is 0 Å². The summed E-state index contributed by atoms with van der Waals surface area (Å²) < 4.78 is 103. The zero-order valence-electron chi connectivity index (χ0n) is 28.7. The van der Waals surface area contributed by atoms with Gasteiger partial charge in [-0.3, -0.25) is 14.4 Å². The second kappa shape index (κ2) is 16.9. The maximum Gasteiger partial charge on any atom is 0.419 e. The van der Waals surface area contributed by atoms with Crippen LogP contribution in [0, 0.1) is 18.6 Å². The number of halogens is 7. The van der Waals surface area contributed by atoms with Crippen LogP contribution in [0.4, 0.5) is 30.7 Å². The van der Waals surface area contributed by atoms with Gasteiger partial charge in [-0.2, -0.15) is 13.2 Å². The number of aromatic nitrogens is 1. The predicted octanol–water partition coefficient (Wildman–Crippen LogP) is 8.32. The first-order valence-corrected chi connectivity index (χ1v) is 16.9. The minimum Gasteiger partial charge on any atom is -0.481 e. The van der Waals surface area contributed by atoms with Crippen molar-refractivity contribution in [1.29, 1.82) is 0 Å². The molecule has 0 unspecified atom stereocenters. The van der Waals surface area contributed by atoms with Crippen LogP contribution in [-0.4, -0.2) is 47.1 Å². The third-order valence-corrected chi connectivity index (χ3v) is 9.20. The van der Waals surface area contributed by atoms with Crippen molar-refractivity contribution in [1.82, 2.24) is 14.8 Å². The van der Waals surface area contributed by atoms with Gasteiger partial charge in [0.1, 0.15) is 17.7 Å². The zero-order chi connectivity index (χ0) is 37.6. The number of aliphatic carboxylic acids is 1. The molecule has 1 aliphatic heterocycles. The number of amides is 1. The van der Waals surface area contributed by atoms with Gasteiger partial charge in [-0.25, -0.2) is 17.6 Å². The van der Waals surface area contributed by atoms with Crippen molar-refractivity contribution in [2.24, 2.45) is 0 Å². The van der Waals surface area contributed by atoms with Crippen molar-refractivity contribution in [3.05, 3.63) is 91.9 Å².